The van der Waals surface area contributed by atoms with Crippen LogP contribution in [0.15, 0.2) is 72.9 Å². The van der Waals surface area contributed by atoms with E-state index in [2.05, 4.69) is 93.7 Å². The average molecular weight is 950 g/mol. The van der Waals surface area contributed by atoms with Gasteiger partial charge in [0.2, 0.25) is 0 Å². The predicted molar refractivity (Wildman–Crippen MR) is 293 cm³/mol. The molecule has 0 aliphatic rings. The second-order valence-electron chi connectivity index (χ2n) is 19.2. The minimum absolute atomic E-state index is 0.0881. The fraction of sp³-hybridized carbons (Fsp3) is 0.758. The average Bonchev–Trinajstić information content (AvgIpc) is 3.34. The number of unbranched alkanes of at least 4 members (excludes halogenated alkanes) is 29. The first-order valence-electron chi connectivity index (χ1n) is 28.9. The van der Waals surface area contributed by atoms with Crippen molar-refractivity contribution in [2.45, 2.75) is 290 Å². The molecule has 0 heterocycles. The van der Waals surface area contributed by atoms with Crippen molar-refractivity contribution in [3.63, 3.8) is 0 Å². The summed E-state index contributed by atoms with van der Waals surface area (Å²) in [5.74, 6) is -0.910. The zero-order chi connectivity index (χ0) is 49.3. The normalized spacial score (nSPS) is 12.6. The highest BCUT2D eigenvalue weighted by molar-refractivity contribution is 5.71. The maximum absolute atomic E-state index is 12.9. The van der Waals surface area contributed by atoms with E-state index < -0.39 is 6.10 Å². The van der Waals surface area contributed by atoms with Crippen LogP contribution >= 0.6 is 0 Å². The van der Waals surface area contributed by atoms with Crippen LogP contribution in [0.4, 0.5) is 0 Å². The lowest BCUT2D eigenvalue weighted by Gasteiger charge is -2.18. The van der Waals surface area contributed by atoms with Gasteiger partial charge >= 0.3 is 17.9 Å². The molecule has 0 aliphatic heterocycles. The van der Waals surface area contributed by atoms with E-state index >= 15 is 0 Å². The van der Waals surface area contributed by atoms with Gasteiger partial charge in [-0.05, 0) is 109 Å². The van der Waals surface area contributed by atoms with Gasteiger partial charge in [0.15, 0.2) is 6.10 Å². The van der Waals surface area contributed by atoms with E-state index in [1.54, 1.807) is 0 Å². The number of carbonyl (C=O) groups is 3. The van der Waals surface area contributed by atoms with E-state index in [0.717, 1.165) is 96.3 Å². The van der Waals surface area contributed by atoms with Gasteiger partial charge in [-0.15, -0.1) is 0 Å². The molecule has 0 fully saturated rings. The highest BCUT2D eigenvalue weighted by Gasteiger charge is 2.19. The van der Waals surface area contributed by atoms with E-state index in [-0.39, 0.29) is 31.1 Å². The number of ether oxygens (including phenoxy) is 3. The van der Waals surface area contributed by atoms with Gasteiger partial charge in [-0.2, -0.15) is 0 Å². The maximum atomic E-state index is 12.9. The van der Waals surface area contributed by atoms with E-state index in [1.165, 1.54) is 148 Å². The topological polar surface area (TPSA) is 78.9 Å². The number of hydrogen-bond donors (Lipinski definition) is 0. The van der Waals surface area contributed by atoms with Gasteiger partial charge < -0.3 is 14.2 Å². The molecule has 0 aromatic heterocycles. The quantitative estimate of drug-likeness (QED) is 0.0262. The monoisotopic (exact) mass is 949 g/mol. The lowest BCUT2D eigenvalue weighted by molar-refractivity contribution is -0.167. The van der Waals surface area contributed by atoms with Crippen molar-refractivity contribution in [3.05, 3.63) is 72.9 Å². The van der Waals surface area contributed by atoms with Crippen LogP contribution in [-0.4, -0.2) is 37.2 Å². The van der Waals surface area contributed by atoms with Gasteiger partial charge in [0.1, 0.15) is 13.2 Å². The first-order chi connectivity index (χ1) is 33.5. The predicted octanol–water partition coefficient (Wildman–Crippen LogP) is 19.4. The Hall–Kier alpha value is -3.15. The summed E-state index contributed by atoms with van der Waals surface area (Å²) in [6.45, 7) is 6.56. The number of rotatable bonds is 52. The van der Waals surface area contributed by atoms with Gasteiger partial charge in [0.05, 0.1) is 0 Å². The van der Waals surface area contributed by atoms with Crippen molar-refractivity contribution in [2.24, 2.45) is 0 Å². The Balaban J connectivity index is 4.42. The van der Waals surface area contributed by atoms with E-state index in [1.807, 2.05) is 0 Å². The molecule has 0 bridgehead atoms. The summed E-state index contributed by atoms with van der Waals surface area (Å²) in [5.41, 5.74) is 0. The first kappa shape index (κ1) is 64.8. The van der Waals surface area contributed by atoms with Crippen LogP contribution in [0.5, 0.6) is 0 Å². The standard InChI is InChI=1S/C62H108O6/c1-4-7-10-13-16-19-22-25-28-30-31-33-34-37-40-43-46-49-52-55-61(64)67-58-59(57-66-60(63)54-51-48-45-42-39-36-27-24-21-18-15-12-9-6-3)68-62(65)56-53-50-47-44-41-38-35-32-29-26-23-20-17-14-11-8-5-2/h15-16,18-19,24-29,31,33,59H,4-14,17,20-23,30,32,34-58H2,1-3H3/b18-15-,19-16-,27-24-,28-25-,29-26-,33-31-/t59-/m1/s1. The Bertz CT molecular complexity index is 1270. The minimum atomic E-state index is -0.789. The summed E-state index contributed by atoms with van der Waals surface area (Å²) in [6, 6.07) is 0. The van der Waals surface area contributed by atoms with Gasteiger partial charge in [-0.25, -0.2) is 0 Å². The highest BCUT2D eigenvalue weighted by Crippen LogP contribution is 2.15. The lowest BCUT2D eigenvalue weighted by atomic mass is 10.1. The second kappa shape index (κ2) is 56.4. The Labute approximate surface area is 421 Å². The summed E-state index contributed by atoms with van der Waals surface area (Å²) in [7, 11) is 0. The fourth-order valence-electron chi connectivity index (χ4n) is 7.99. The molecule has 0 N–H and O–H groups in total. The van der Waals surface area contributed by atoms with E-state index in [9.17, 15) is 14.4 Å². The van der Waals surface area contributed by atoms with Crippen molar-refractivity contribution in [1.29, 1.82) is 0 Å². The molecule has 0 saturated heterocycles. The van der Waals surface area contributed by atoms with E-state index in [0.29, 0.717) is 19.3 Å². The highest BCUT2D eigenvalue weighted by atomic mass is 16.6. The summed E-state index contributed by atoms with van der Waals surface area (Å²) >= 11 is 0. The lowest BCUT2D eigenvalue weighted by Crippen LogP contribution is -2.30. The zero-order valence-corrected chi connectivity index (χ0v) is 44.9. The molecule has 392 valence electrons. The van der Waals surface area contributed by atoms with Crippen LogP contribution in [0.3, 0.4) is 0 Å². The molecule has 1 atom stereocenters. The molecular formula is C62H108O6. The van der Waals surface area contributed by atoms with Crippen molar-refractivity contribution in [3.8, 4) is 0 Å². The van der Waals surface area contributed by atoms with Crippen molar-refractivity contribution >= 4 is 17.9 Å². The Kier molecular flexibility index (Phi) is 53.8. The van der Waals surface area contributed by atoms with Crippen LogP contribution in [0.1, 0.15) is 284 Å². The van der Waals surface area contributed by atoms with Crippen molar-refractivity contribution in [1.82, 2.24) is 0 Å². The number of allylic oxidation sites excluding steroid dienone is 12. The molecule has 0 spiro atoms. The molecule has 0 aromatic rings. The third-order valence-electron chi connectivity index (χ3n) is 12.4. The van der Waals surface area contributed by atoms with Crippen LogP contribution in [0.2, 0.25) is 0 Å². The van der Waals surface area contributed by atoms with Crippen molar-refractivity contribution in [2.75, 3.05) is 13.2 Å². The SMILES string of the molecule is CCCC/C=C\C/C=C\CCCCCCCC(=O)OC[C@H](COC(=O)CCCCCCCC/C=C\C/C=C\C/C=C\CCCCC)OC(=O)CCCCCCCCC/C=C\CCCCCCCC. The summed E-state index contributed by atoms with van der Waals surface area (Å²) in [4.78, 5) is 38.2. The molecule has 68 heavy (non-hydrogen) atoms. The van der Waals surface area contributed by atoms with Gasteiger partial charge in [0, 0.05) is 19.3 Å². The second-order valence-corrected chi connectivity index (χ2v) is 19.2. The third-order valence-corrected chi connectivity index (χ3v) is 12.4. The summed E-state index contributed by atoms with van der Waals surface area (Å²) in [6.07, 6.45) is 71.7. The van der Waals surface area contributed by atoms with E-state index in [4.69, 9.17) is 14.2 Å². The molecular weight excluding hydrogens is 841 g/mol. The van der Waals surface area contributed by atoms with Crippen LogP contribution < -0.4 is 0 Å². The molecule has 0 radical (unpaired) electrons. The molecule has 0 unspecified atom stereocenters. The molecule has 0 rings (SSSR count). The minimum Gasteiger partial charge on any atom is -0.462 e. The van der Waals surface area contributed by atoms with Gasteiger partial charge in [-0.3, -0.25) is 14.4 Å². The molecule has 6 heteroatoms. The Morgan fingerprint density at radius 2 is 0.544 bits per heavy atom. The first-order valence-corrected chi connectivity index (χ1v) is 28.9. The fourth-order valence-corrected chi connectivity index (χ4v) is 7.99. The number of hydrogen-bond acceptors (Lipinski definition) is 6. The van der Waals surface area contributed by atoms with Gasteiger partial charge in [-0.1, -0.05) is 229 Å². The Morgan fingerprint density at radius 3 is 0.912 bits per heavy atom. The van der Waals surface area contributed by atoms with Crippen LogP contribution in [0, 0.1) is 0 Å². The van der Waals surface area contributed by atoms with Crippen LogP contribution in [-0.2, 0) is 28.6 Å². The maximum Gasteiger partial charge on any atom is 0.306 e. The van der Waals surface area contributed by atoms with Crippen LogP contribution in [0.25, 0.3) is 0 Å². The summed E-state index contributed by atoms with van der Waals surface area (Å²) < 4.78 is 16.9. The summed E-state index contributed by atoms with van der Waals surface area (Å²) in [5, 5.41) is 0. The molecule has 0 amide bonds. The Morgan fingerprint density at radius 1 is 0.294 bits per heavy atom. The third kappa shape index (κ3) is 53.8. The molecule has 0 aromatic carbocycles. The molecule has 0 saturated carbocycles. The molecule has 6 nitrogen and oxygen atoms in total. The molecule has 0 aliphatic carbocycles. The number of esters is 3. The van der Waals surface area contributed by atoms with Crippen molar-refractivity contribution < 1.29 is 28.6 Å². The largest absolute Gasteiger partial charge is 0.462 e. The number of carbonyl (C=O) groups excluding carboxylic acids is 3. The zero-order valence-electron chi connectivity index (χ0n) is 44.9. The van der Waals surface area contributed by atoms with Gasteiger partial charge in [0.25, 0.3) is 0 Å². The smallest absolute Gasteiger partial charge is 0.306 e.